The molecule has 6 aromatic rings. The van der Waals surface area contributed by atoms with Crippen molar-refractivity contribution in [2.45, 2.75) is 114 Å². The lowest BCUT2D eigenvalue weighted by Gasteiger charge is -2.24. The molecular weight excluding hydrogens is 785 g/mol. The van der Waals surface area contributed by atoms with Gasteiger partial charge in [-0.25, -0.2) is 0 Å². The zero-order valence-corrected chi connectivity index (χ0v) is 43.0. The minimum Gasteiger partial charge on any atom is -0.103 e. The Bertz CT molecular complexity index is 2070. The van der Waals surface area contributed by atoms with E-state index in [1.807, 2.05) is 45.1 Å². The highest BCUT2D eigenvalue weighted by molar-refractivity contribution is 7.00. The van der Waals surface area contributed by atoms with Crippen molar-refractivity contribution in [2.75, 3.05) is 0 Å². The second kappa shape index (κ2) is 35.7. The first-order chi connectivity index (χ1) is 30.8. The molecule has 0 fully saturated rings. The monoisotopic (exact) mass is 869 g/mol. The summed E-state index contributed by atoms with van der Waals surface area (Å²) in [7, 11) is -1.60. The van der Waals surface area contributed by atoms with Crippen LogP contribution >= 0.6 is 0 Å². The van der Waals surface area contributed by atoms with Crippen LogP contribution in [0.4, 0.5) is 0 Å². The molecule has 64 heavy (non-hydrogen) atoms. The predicted molar refractivity (Wildman–Crippen MR) is 296 cm³/mol. The van der Waals surface area contributed by atoms with Gasteiger partial charge in [-0.15, -0.1) is 32.9 Å². The first-order valence-corrected chi connectivity index (χ1v) is 26.2. The standard InChI is InChI=1S/C20H24Si.2C10H12.2C9H12.C3H6.C2H6/c1-5-7-17-9-13-19(14-10-17)21(3,4)20-15-11-18(8-6-2)12-16-20;1-3-5-10-7-4-6-9(2)8-10;1-3-4-10-7-5-9(2)6-8-10;1-3-9-6-4-8(2)5-7-9;1-3-9-6-4-5-8(2)7-9;1-3-2;1-2/h5-6,9-16H,1-2,7-8H2,3-4H3;3-4,6-8H,1,5H2,2H3;3,5-8H,1,4H2,2H3;2*4-7H,3H2,1-2H3;3H,1H2,2H3;1-2H3. The summed E-state index contributed by atoms with van der Waals surface area (Å²) >= 11 is 0. The smallest absolute Gasteiger partial charge is 0.103 e. The predicted octanol–water partition coefficient (Wildman–Crippen LogP) is 16.7. The van der Waals surface area contributed by atoms with Gasteiger partial charge < -0.3 is 0 Å². The van der Waals surface area contributed by atoms with E-state index in [1.54, 1.807) is 6.08 Å². The van der Waals surface area contributed by atoms with Crippen molar-refractivity contribution < 1.29 is 0 Å². The molecular formula is C63H84Si. The molecule has 6 aromatic carbocycles. The zero-order valence-electron chi connectivity index (χ0n) is 42.0. The van der Waals surface area contributed by atoms with Crippen molar-refractivity contribution in [2.24, 2.45) is 0 Å². The first-order valence-electron chi connectivity index (χ1n) is 23.2. The van der Waals surface area contributed by atoms with Crippen LogP contribution in [0, 0.1) is 27.7 Å². The van der Waals surface area contributed by atoms with Gasteiger partial charge in [0.1, 0.15) is 8.07 Å². The lowest BCUT2D eigenvalue weighted by atomic mass is 10.1. The molecule has 0 N–H and O–H groups in total. The van der Waals surface area contributed by atoms with Gasteiger partial charge in [0.2, 0.25) is 0 Å². The highest BCUT2D eigenvalue weighted by Gasteiger charge is 2.25. The van der Waals surface area contributed by atoms with Gasteiger partial charge in [-0.05, 0) is 107 Å². The molecule has 0 saturated carbocycles. The molecule has 0 unspecified atom stereocenters. The summed E-state index contributed by atoms with van der Waals surface area (Å²) in [5.74, 6) is 0. The topological polar surface area (TPSA) is 0 Å². The molecule has 6 rings (SSSR count). The molecule has 0 aliphatic carbocycles. The van der Waals surface area contributed by atoms with Crippen molar-refractivity contribution in [3.05, 3.63) is 265 Å². The van der Waals surface area contributed by atoms with Gasteiger partial charge in [-0.2, -0.15) is 0 Å². The molecule has 0 spiro atoms. The van der Waals surface area contributed by atoms with Crippen molar-refractivity contribution in [3.63, 3.8) is 0 Å². The van der Waals surface area contributed by atoms with Crippen LogP contribution in [0.2, 0.25) is 13.1 Å². The number of aryl methyl sites for hydroxylation is 6. The van der Waals surface area contributed by atoms with Crippen LogP contribution in [0.5, 0.6) is 0 Å². The normalized spacial score (nSPS) is 9.55. The van der Waals surface area contributed by atoms with Gasteiger partial charge in [-0.3, -0.25) is 0 Å². The summed E-state index contributed by atoms with van der Waals surface area (Å²) in [6.07, 6.45) is 15.6. The van der Waals surface area contributed by atoms with Crippen molar-refractivity contribution >= 4 is 18.4 Å². The SMILES string of the molecule is C=CC.C=CCc1ccc(C)cc1.C=CCc1ccc([Si](C)(C)c2ccc(CC=C)cc2)cc1.C=CCc1cccc(C)c1.CC.CCc1ccc(C)cc1.CCc1cccc(C)c1. The molecule has 0 nitrogen and oxygen atoms in total. The molecule has 340 valence electrons. The third-order valence-corrected chi connectivity index (χ3v) is 13.6. The highest BCUT2D eigenvalue weighted by atomic mass is 28.3. The fourth-order valence-corrected chi connectivity index (χ4v) is 8.60. The molecule has 0 aliphatic heterocycles. The Morgan fingerprint density at radius 1 is 0.375 bits per heavy atom. The van der Waals surface area contributed by atoms with E-state index in [9.17, 15) is 0 Å². The van der Waals surface area contributed by atoms with Gasteiger partial charge in [0.05, 0.1) is 0 Å². The Hall–Kier alpha value is -5.76. The molecule has 0 radical (unpaired) electrons. The molecule has 0 amide bonds. The van der Waals surface area contributed by atoms with E-state index in [4.69, 9.17) is 0 Å². The maximum atomic E-state index is 3.80. The van der Waals surface area contributed by atoms with Crippen LogP contribution in [0.25, 0.3) is 0 Å². The maximum absolute atomic E-state index is 3.80. The number of rotatable bonds is 12. The summed E-state index contributed by atoms with van der Waals surface area (Å²) < 4.78 is 0. The Labute approximate surface area is 395 Å². The number of benzene rings is 6. The van der Waals surface area contributed by atoms with Gasteiger partial charge in [0, 0.05) is 0 Å². The van der Waals surface area contributed by atoms with Crippen molar-refractivity contribution in [1.29, 1.82) is 0 Å². The number of allylic oxidation sites excluding steroid dienone is 5. The molecule has 0 aromatic heterocycles. The largest absolute Gasteiger partial charge is 0.112 e. The van der Waals surface area contributed by atoms with Crippen molar-refractivity contribution in [3.8, 4) is 0 Å². The summed E-state index contributed by atoms with van der Waals surface area (Å²) in [6.45, 7) is 41.8. The molecule has 0 atom stereocenters. The molecule has 0 saturated heterocycles. The van der Waals surface area contributed by atoms with E-state index in [1.165, 1.54) is 66.0 Å². The third-order valence-electron chi connectivity index (χ3n) is 10.1. The lowest BCUT2D eigenvalue weighted by molar-refractivity contribution is 1.13. The van der Waals surface area contributed by atoms with Gasteiger partial charge in [0.25, 0.3) is 0 Å². The number of hydrogen-bond donors (Lipinski definition) is 0. The molecule has 0 heterocycles. The summed E-state index contributed by atoms with van der Waals surface area (Å²) in [5, 5.41) is 2.96. The second-order valence-electron chi connectivity index (χ2n) is 16.1. The van der Waals surface area contributed by atoms with Gasteiger partial charge in [-0.1, -0.05) is 249 Å². The minimum absolute atomic E-state index is 0.943. The first kappa shape index (κ1) is 58.2. The third kappa shape index (κ3) is 25.4. The van der Waals surface area contributed by atoms with E-state index in [0.717, 1.165) is 38.5 Å². The van der Waals surface area contributed by atoms with Crippen molar-refractivity contribution in [1.82, 2.24) is 0 Å². The zero-order chi connectivity index (χ0) is 48.2. The minimum atomic E-state index is -1.60. The average molecular weight is 869 g/mol. The Kier molecular flexibility index (Phi) is 32.5. The molecule has 0 aliphatic rings. The van der Waals surface area contributed by atoms with Crippen LogP contribution in [0.1, 0.15) is 90.3 Å². The Morgan fingerprint density at radius 2 is 0.656 bits per heavy atom. The van der Waals surface area contributed by atoms with E-state index < -0.39 is 8.07 Å². The quantitative estimate of drug-likeness (QED) is 0.0849. The lowest BCUT2D eigenvalue weighted by Crippen LogP contribution is -2.52. The Balaban J connectivity index is 0.000000793. The summed E-state index contributed by atoms with van der Waals surface area (Å²) in [5.41, 5.74) is 13.5. The van der Waals surface area contributed by atoms with Gasteiger partial charge >= 0.3 is 0 Å². The second-order valence-corrected chi connectivity index (χ2v) is 20.5. The summed E-state index contributed by atoms with van der Waals surface area (Å²) in [6, 6.07) is 52.4. The molecule has 0 bridgehead atoms. The van der Waals surface area contributed by atoms with Crippen LogP contribution in [0.15, 0.2) is 209 Å². The van der Waals surface area contributed by atoms with Crippen LogP contribution in [0.3, 0.4) is 0 Å². The van der Waals surface area contributed by atoms with Crippen LogP contribution in [-0.4, -0.2) is 8.07 Å². The fraction of sp³-hybridized carbons (Fsp3) is 0.270. The fourth-order valence-electron chi connectivity index (χ4n) is 6.27. The maximum Gasteiger partial charge on any atom is 0.112 e. The van der Waals surface area contributed by atoms with E-state index in [0.29, 0.717) is 0 Å². The highest BCUT2D eigenvalue weighted by Crippen LogP contribution is 2.10. The van der Waals surface area contributed by atoms with Crippen LogP contribution < -0.4 is 10.4 Å². The van der Waals surface area contributed by atoms with E-state index in [-0.39, 0.29) is 0 Å². The number of hydrogen-bond acceptors (Lipinski definition) is 0. The van der Waals surface area contributed by atoms with Crippen LogP contribution in [-0.2, 0) is 38.5 Å². The summed E-state index contributed by atoms with van der Waals surface area (Å²) in [4.78, 5) is 0. The van der Waals surface area contributed by atoms with E-state index in [2.05, 4.69) is 233 Å². The Morgan fingerprint density at radius 3 is 0.953 bits per heavy atom. The molecule has 1 heteroatoms. The van der Waals surface area contributed by atoms with E-state index >= 15 is 0 Å². The average Bonchev–Trinajstić information content (AvgIpc) is 3.30. The van der Waals surface area contributed by atoms with Gasteiger partial charge in [0.15, 0.2) is 0 Å².